The molecule has 0 aromatic heterocycles. The fraction of sp³-hybridized carbons (Fsp3) is 0.538. The van der Waals surface area contributed by atoms with Crippen molar-refractivity contribution in [3.63, 3.8) is 0 Å². The van der Waals surface area contributed by atoms with Gasteiger partial charge in [-0.25, -0.2) is 0 Å². The van der Waals surface area contributed by atoms with Crippen LogP contribution in [0.5, 0.6) is 5.75 Å². The summed E-state index contributed by atoms with van der Waals surface area (Å²) < 4.78 is 11.0. The second-order valence-corrected chi connectivity index (χ2v) is 4.45. The number of hydrogen-bond acceptors (Lipinski definition) is 3. The molecule has 1 aromatic rings. The Morgan fingerprint density at radius 1 is 1.12 bits per heavy atom. The SMILES string of the molecule is c1ccc2c(c1)OCC2NC1CCOCC1. The highest BCUT2D eigenvalue weighted by atomic mass is 16.5. The van der Waals surface area contributed by atoms with Gasteiger partial charge < -0.3 is 14.8 Å². The molecule has 1 unspecified atom stereocenters. The Kier molecular flexibility index (Phi) is 2.80. The molecule has 16 heavy (non-hydrogen) atoms. The quantitative estimate of drug-likeness (QED) is 0.824. The molecule has 1 N–H and O–H groups in total. The molecule has 0 bridgehead atoms. The van der Waals surface area contributed by atoms with Crippen LogP contribution in [0.15, 0.2) is 24.3 Å². The van der Waals surface area contributed by atoms with Crippen molar-refractivity contribution in [2.45, 2.75) is 24.9 Å². The molecular weight excluding hydrogens is 202 g/mol. The molecule has 1 atom stereocenters. The van der Waals surface area contributed by atoms with Gasteiger partial charge in [0.05, 0.1) is 6.04 Å². The minimum atomic E-state index is 0.360. The van der Waals surface area contributed by atoms with E-state index in [-0.39, 0.29) is 0 Å². The lowest BCUT2D eigenvalue weighted by molar-refractivity contribution is 0.0738. The lowest BCUT2D eigenvalue weighted by Crippen LogP contribution is -2.37. The fourth-order valence-corrected chi connectivity index (χ4v) is 2.45. The van der Waals surface area contributed by atoms with Gasteiger partial charge in [0.15, 0.2) is 0 Å². The summed E-state index contributed by atoms with van der Waals surface area (Å²) in [5.41, 5.74) is 1.30. The van der Waals surface area contributed by atoms with Crippen molar-refractivity contribution < 1.29 is 9.47 Å². The number of benzene rings is 1. The van der Waals surface area contributed by atoms with Crippen LogP contribution in [-0.2, 0) is 4.74 Å². The third-order valence-electron chi connectivity index (χ3n) is 3.36. The Labute approximate surface area is 95.8 Å². The highest BCUT2D eigenvalue weighted by molar-refractivity contribution is 5.39. The average Bonchev–Trinajstić information content (AvgIpc) is 2.74. The maximum Gasteiger partial charge on any atom is 0.124 e. The molecule has 0 saturated carbocycles. The van der Waals surface area contributed by atoms with Gasteiger partial charge in [0.1, 0.15) is 12.4 Å². The summed E-state index contributed by atoms with van der Waals surface area (Å²) in [5.74, 6) is 1.03. The first kappa shape index (κ1) is 10.1. The Hall–Kier alpha value is -1.06. The molecule has 86 valence electrons. The first-order chi connectivity index (χ1) is 7.93. The average molecular weight is 219 g/mol. The van der Waals surface area contributed by atoms with Gasteiger partial charge in [-0.3, -0.25) is 0 Å². The smallest absolute Gasteiger partial charge is 0.124 e. The second-order valence-electron chi connectivity index (χ2n) is 4.45. The van der Waals surface area contributed by atoms with E-state index in [1.54, 1.807) is 0 Å². The maximum absolute atomic E-state index is 5.66. The monoisotopic (exact) mass is 219 g/mol. The van der Waals surface area contributed by atoms with Crippen LogP contribution in [0, 0.1) is 0 Å². The summed E-state index contributed by atoms with van der Waals surface area (Å²) in [4.78, 5) is 0. The van der Waals surface area contributed by atoms with Crippen LogP contribution in [0.1, 0.15) is 24.4 Å². The molecule has 1 aromatic carbocycles. The van der Waals surface area contributed by atoms with E-state index < -0.39 is 0 Å². The molecule has 2 aliphatic heterocycles. The first-order valence-electron chi connectivity index (χ1n) is 5.99. The molecule has 0 amide bonds. The van der Waals surface area contributed by atoms with Gasteiger partial charge in [-0.2, -0.15) is 0 Å². The molecule has 3 heteroatoms. The van der Waals surface area contributed by atoms with Crippen molar-refractivity contribution >= 4 is 0 Å². The number of rotatable bonds is 2. The van der Waals surface area contributed by atoms with E-state index >= 15 is 0 Å². The van der Waals surface area contributed by atoms with Crippen molar-refractivity contribution in [3.05, 3.63) is 29.8 Å². The highest BCUT2D eigenvalue weighted by Crippen LogP contribution is 2.32. The van der Waals surface area contributed by atoms with Gasteiger partial charge in [-0.05, 0) is 18.9 Å². The van der Waals surface area contributed by atoms with Crippen molar-refractivity contribution in [2.24, 2.45) is 0 Å². The lowest BCUT2D eigenvalue weighted by atomic mass is 10.0. The predicted octanol–water partition coefficient (Wildman–Crippen LogP) is 1.89. The molecule has 2 heterocycles. The zero-order valence-corrected chi connectivity index (χ0v) is 9.32. The highest BCUT2D eigenvalue weighted by Gasteiger charge is 2.26. The van der Waals surface area contributed by atoms with E-state index in [1.807, 2.05) is 12.1 Å². The molecule has 0 radical (unpaired) electrons. The Balaban J connectivity index is 1.68. The van der Waals surface area contributed by atoms with Gasteiger partial charge in [-0.15, -0.1) is 0 Å². The number of fused-ring (bicyclic) bond motifs is 1. The van der Waals surface area contributed by atoms with Crippen LogP contribution in [0.2, 0.25) is 0 Å². The molecule has 3 rings (SSSR count). The minimum Gasteiger partial charge on any atom is -0.491 e. The van der Waals surface area contributed by atoms with Crippen LogP contribution in [0.3, 0.4) is 0 Å². The molecular formula is C13H17NO2. The number of nitrogens with one attached hydrogen (secondary N) is 1. The van der Waals surface area contributed by atoms with E-state index in [1.165, 1.54) is 5.56 Å². The first-order valence-corrected chi connectivity index (χ1v) is 5.99. The third kappa shape index (κ3) is 1.93. The van der Waals surface area contributed by atoms with Crippen LogP contribution in [0.4, 0.5) is 0 Å². The maximum atomic E-state index is 5.66. The van der Waals surface area contributed by atoms with Gasteiger partial charge >= 0.3 is 0 Å². The molecule has 0 aliphatic carbocycles. The summed E-state index contributed by atoms with van der Waals surface area (Å²) in [6, 6.07) is 9.23. The van der Waals surface area contributed by atoms with Gasteiger partial charge in [-0.1, -0.05) is 18.2 Å². The van der Waals surface area contributed by atoms with Crippen molar-refractivity contribution in [3.8, 4) is 5.75 Å². The van der Waals surface area contributed by atoms with E-state index in [0.29, 0.717) is 12.1 Å². The van der Waals surface area contributed by atoms with Crippen molar-refractivity contribution in [1.29, 1.82) is 0 Å². The van der Waals surface area contributed by atoms with Crippen molar-refractivity contribution in [2.75, 3.05) is 19.8 Å². The van der Waals surface area contributed by atoms with E-state index in [0.717, 1.165) is 38.4 Å². The number of hydrogen-bond donors (Lipinski definition) is 1. The van der Waals surface area contributed by atoms with E-state index in [2.05, 4.69) is 17.4 Å². The topological polar surface area (TPSA) is 30.5 Å². The molecule has 3 nitrogen and oxygen atoms in total. The van der Waals surface area contributed by atoms with Crippen LogP contribution in [-0.4, -0.2) is 25.9 Å². The Bertz CT molecular complexity index is 361. The predicted molar refractivity (Wildman–Crippen MR) is 61.7 cm³/mol. The number of para-hydroxylation sites is 1. The summed E-state index contributed by atoms with van der Waals surface area (Å²) >= 11 is 0. The minimum absolute atomic E-state index is 0.360. The standard InChI is InChI=1S/C13H17NO2/c1-2-4-13-11(3-1)12(9-16-13)14-10-5-7-15-8-6-10/h1-4,10,12,14H,5-9H2. The van der Waals surface area contributed by atoms with Crippen LogP contribution in [0.25, 0.3) is 0 Å². The fourth-order valence-electron chi connectivity index (χ4n) is 2.45. The molecule has 1 saturated heterocycles. The zero-order chi connectivity index (χ0) is 10.8. The summed E-state index contributed by atoms with van der Waals surface area (Å²) in [6.45, 7) is 2.52. The van der Waals surface area contributed by atoms with Gasteiger partial charge in [0.2, 0.25) is 0 Å². The lowest BCUT2D eigenvalue weighted by Gasteiger charge is -2.26. The molecule has 2 aliphatic rings. The van der Waals surface area contributed by atoms with Gasteiger partial charge in [0.25, 0.3) is 0 Å². The van der Waals surface area contributed by atoms with Crippen LogP contribution < -0.4 is 10.1 Å². The Morgan fingerprint density at radius 3 is 2.81 bits per heavy atom. The summed E-state index contributed by atoms with van der Waals surface area (Å²) in [6.07, 6.45) is 2.22. The van der Waals surface area contributed by atoms with E-state index in [4.69, 9.17) is 9.47 Å². The summed E-state index contributed by atoms with van der Waals surface area (Å²) in [5, 5.41) is 3.67. The Morgan fingerprint density at radius 2 is 1.94 bits per heavy atom. The third-order valence-corrected chi connectivity index (χ3v) is 3.36. The van der Waals surface area contributed by atoms with E-state index in [9.17, 15) is 0 Å². The zero-order valence-electron chi connectivity index (χ0n) is 9.32. The summed E-state index contributed by atoms with van der Waals surface area (Å²) in [7, 11) is 0. The molecule has 0 spiro atoms. The number of ether oxygens (including phenoxy) is 2. The van der Waals surface area contributed by atoms with Crippen molar-refractivity contribution in [1.82, 2.24) is 5.32 Å². The van der Waals surface area contributed by atoms with Crippen LogP contribution >= 0.6 is 0 Å². The molecule has 1 fully saturated rings. The second kappa shape index (κ2) is 4.44. The normalized spacial score (nSPS) is 25.1. The van der Waals surface area contributed by atoms with Gasteiger partial charge in [0, 0.05) is 24.8 Å². The largest absolute Gasteiger partial charge is 0.491 e.